The minimum atomic E-state index is -1.01. The number of hydrogen-bond donors (Lipinski definition) is 2. The Hall–Kier alpha value is -1.36. The van der Waals surface area contributed by atoms with Crippen LogP contribution in [0.2, 0.25) is 0 Å². The molecule has 5 heteroatoms. The van der Waals surface area contributed by atoms with Gasteiger partial charge >= 0.3 is 5.97 Å². The van der Waals surface area contributed by atoms with Gasteiger partial charge in [0.2, 0.25) is 0 Å². The van der Waals surface area contributed by atoms with E-state index in [0.717, 1.165) is 0 Å². The molecule has 1 rings (SSSR count). The molecule has 1 aromatic heterocycles. The van der Waals surface area contributed by atoms with Gasteiger partial charge in [0, 0.05) is 6.20 Å². The summed E-state index contributed by atoms with van der Waals surface area (Å²) in [5.41, 5.74) is -0.435. The second-order valence-electron chi connectivity index (χ2n) is 3.45. The van der Waals surface area contributed by atoms with E-state index >= 15 is 0 Å². The normalized spacial score (nSPS) is 11.6. The van der Waals surface area contributed by atoms with Gasteiger partial charge in [-0.1, -0.05) is 0 Å². The molecular formula is C8H12N2O3. The average Bonchev–Trinajstić information content (AvgIpc) is 2.52. The van der Waals surface area contributed by atoms with Gasteiger partial charge in [-0.05, 0) is 13.8 Å². The number of nitrogens with zero attached hydrogens (tertiary/aromatic N) is 2. The largest absolute Gasteiger partial charge is 0.478 e. The summed E-state index contributed by atoms with van der Waals surface area (Å²) in [6.07, 6.45) is 2.66. The van der Waals surface area contributed by atoms with E-state index in [9.17, 15) is 4.79 Å². The van der Waals surface area contributed by atoms with Crippen LogP contribution in [0.25, 0.3) is 0 Å². The van der Waals surface area contributed by atoms with E-state index in [1.54, 1.807) is 13.8 Å². The quantitative estimate of drug-likeness (QED) is 0.708. The molecule has 0 saturated carbocycles. The number of aromatic nitrogens is 2. The Morgan fingerprint density at radius 1 is 1.69 bits per heavy atom. The lowest BCUT2D eigenvalue weighted by atomic mass is 10.1. The van der Waals surface area contributed by atoms with E-state index in [-0.39, 0.29) is 12.2 Å². The van der Waals surface area contributed by atoms with Crippen molar-refractivity contribution >= 4 is 5.97 Å². The molecule has 0 aliphatic carbocycles. The fourth-order valence-corrected chi connectivity index (χ4v) is 0.837. The van der Waals surface area contributed by atoms with Crippen LogP contribution in [0.1, 0.15) is 24.2 Å². The van der Waals surface area contributed by atoms with Gasteiger partial charge < -0.3 is 10.2 Å². The molecule has 5 nitrogen and oxygen atoms in total. The second kappa shape index (κ2) is 3.18. The lowest BCUT2D eigenvalue weighted by Gasteiger charge is -2.21. The van der Waals surface area contributed by atoms with Crippen molar-refractivity contribution in [2.75, 3.05) is 6.61 Å². The number of hydrogen-bond acceptors (Lipinski definition) is 3. The molecule has 1 aromatic rings. The molecule has 0 atom stereocenters. The Balaban J connectivity index is 2.98. The average molecular weight is 184 g/mol. The third-order valence-electron chi connectivity index (χ3n) is 1.84. The summed E-state index contributed by atoms with van der Waals surface area (Å²) >= 11 is 0. The molecule has 1 heterocycles. The smallest absolute Gasteiger partial charge is 0.338 e. The maximum absolute atomic E-state index is 10.5. The number of aliphatic hydroxyl groups excluding tert-OH is 1. The van der Waals surface area contributed by atoms with Crippen LogP contribution in [0.3, 0.4) is 0 Å². The highest BCUT2D eigenvalue weighted by molar-refractivity contribution is 5.86. The van der Waals surface area contributed by atoms with Gasteiger partial charge in [0.15, 0.2) is 0 Å². The Bertz CT molecular complexity index is 317. The first-order valence-electron chi connectivity index (χ1n) is 3.86. The second-order valence-corrected chi connectivity index (χ2v) is 3.45. The monoisotopic (exact) mass is 184 g/mol. The molecule has 72 valence electrons. The van der Waals surface area contributed by atoms with Crippen molar-refractivity contribution in [1.82, 2.24) is 9.78 Å². The highest BCUT2D eigenvalue weighted by atomic mass is 16.4. The zero-order valence-electron chi connectivity index (χ0n) is 7.56. The standard InChI is InChI=1S/C8H12N2O3/c1-8(2,5-11)10-4-6(3-9-10)7(12)13/h3-4,11H,5H2,1-2H3,(H,12,13). The molecule has 0 saturated heterocycles. The van der Waals surface area contributed by atoms with Crippen molar-refractivity contribution < 1.29 is 15.0 Å². The van der Waals surface area contributed by atoms with Gasteiger partial charge in [0.1, 0.15) is 0 Å². The highest BCUT2D eigenvalue weighted by Crippen LogP contribution is 2.13. The molecule has 0 fully saturated rings. The van der Waals surface area contributed by atoms with E-state index < -0.39 is 11.5 Å². The van der Waals surface area contributed by atoms with Gasteiger partial charge in [-0.25, -0.2) is 4.79 Å². The summed E-state index contributed by atoms with van der Waals surface area (Å²) in [6.45, 7) is 3.45. The first-order valence-corrected chi connectivity index (χ1v) is 3.86. The first-order chi connectivity index (χ1) is 5.97. The van der Waals surface area contributed by atoms with Gasteiger partial charge in [-0.3, -0.25) is 4.68 Å². The fourth-order valence-electron chi connectivity index (χ4n) is 0.837. The molecule has 0 aliphatic heterocycles. The summed E-state index contributed by atoms with van der Waals surface area (Å²) in [6, 6.07) is 0. The number of rotatable bonds is 3. The predicted molar refractivity (Wildman–Crippen MR) is 45.6 cm³/mol. The third kappa shape index (κ3) is 1.86. The van der Waals surface area contributed by atoms with E-state index in [2.05, 4.69) is 5.10 Å². The van der Waals surface area contributed by atoms with Crippen LogP contribution in [0, 0.1) is 0 Å². The highest BCUT2D eigenvalue weighted by Gasteiger charge is 2.20. The van der Waals surface area contributed by atoms with Crippen LogP contribution < -0.4 is 0 Å². The van der Waals surface area contributed by atoms with Gasteiger partial charge in [0.05, 0.1) is 23.9 Å². The molecular weight excluding hydrogens is 172 g/mol. The van der Waals surface area contributed by atoms with Crippen molar-refractivity contribution in [3.8, 4) is 0 Å². The zero-order valence-corrected chi connectivity index (χ0v) is 7.56. The zero-order chi connectivity index (χ0) is 10.1. The van der Waals surface area contributed by atoms with Crippen LogP contribution in [-0.4, -0.2) is 32.6 Å². The molecule has 0 aromatic carbocycles. The molecule has 0 bridgehead atoms. The lowest BCUT2D eigenvalue weighted by molar-refractivity contribution is 0.0696. The maximum Gasteiger partial charge on any atom is 0.338 e. The Morgan fingerprint density at radius 3 is 2.69 bits per heavy atom. The minimum absolute atomic E-state index is 0.0895. The van der Waals surface area contributed by atoms with Crippen molar-refractivity contribution in [3.63, 3.8) is 0 Å². The van der Waals surface area contributed by atoms with Gasteiger partial charge in [-0.2, -0.15) is 5.10 Å². The van der Waals surface area contributed by atoms with Gasteiger partial charge in [0.25, 0.3) is 0 Å². The fraction of sp³-hybridized carbons (Fsp3) is 0.500. The number of carboxylic acids is 1. The molecule has 0 amide bonds. The molecule has 0 unspecified atom stereocenters. The minimum Gasteiger partial charge on any atom is -0.478 e. The SMILES string of the molecule is CC(C)(CO)n1cc(C(=O)O)cn1. The number of aliphatic hydroxyl groups is 1. The van der Waals surface area contributed by atoms with Crippen LogP contribution >= 0.6 is 0 Å². The summed E-state index contributed by atoms with van der Waals surface area (Å²) in [7, 11) is 0. The van der Waals surface area contributed by atoms with Crippen LogP contribution in [0.15, 0.2) is 12.4 Å². The summed E-state index contributed by atoms with van der Waals surface area (Å²) in [4.78, 5) is 10.5. The van der Waals surface area contributed by atoms with Crippen molar-refractivity contribution in [2.24, 2.45) is 0 Å². The molecule has 0 spiro atoms. The summed E-state index contributed by atoms with van der Waals surface area (Å²) in [5.74, 6) is -1.01. The van der Waals surface area contributed by atoms with Crippen molar-refractivity contribution in [2.45, 2.75) is 19.4 Å². The summed E-state index contributed by atoms with van der Waals surface area (Å²) in [5, 5.41) is 21.5. The van der Waals surface area contributed by atoms with Crippen LogP contribution in [0.5, 0.6) is 0 Å². The Labute approximate surface area is 75.6 Å². The first kappa shape index (κ1) is 9.73. The number of aromatic carboxylic acids is 1. The van der Waals surface area contributed by atoms with Gasteiger partial charge in [-0.15, -0.1) is 0 Å². The molecule has 13 heavy (non-hydrogen) atoms. The number of carbonyl (C=O) groups is 1. The topological polar surface area (TPSA) is 75.4 Å². The number of carboxylic acid groups (broad SMARTS) is 1. The van der Waals surface area contributed by atoms with Crippen LogP contribution in [0.4, 0.5) is 0 Å². The van der Waals surface area contributed by atoms with Crippen LogP contribution in [-0.2, 0) is 5.54 Å². The van der Waals surface area contributed by atoms with Crippen molar-refractivity contribution in [3.05, 3.63) is 18.0 Å². The van der Waals surface area contributed by atoms with E-state index in [0.29, 0.717) is 0 Å². The Morgan fingerprint density at radius 2 is 2.31 bits per heavy atom. The Kier molecular flexibility index (Phi) is 2.38. The summed E-state index contributed by atoms with van der Waals surface area (Å²) < 4.78 is 1.44. The lowest BCUT2D eigenvalue weighted by Crippen LogP contribution is -2.30. The molecule has 0 radical (unpaired) electrons. The molecule has 2 N–H and O–H groups in total. The van der Waals surface area contributed by atoms with E-state index in [1.165, 1.54) is 17.1 Å². The van der Waals surface area contributed by atoms with E-state index in [1.807, 2.05) is 0 Å². The van der Waals surface area contributed by atoms with Crippen molar-refractivity contribution in [1.29, 1.82) is 0 Å². The maximum atomic E-state index is 10.5. The predicted octanol–water partition coefficient (Wildman–Crippen LogP) is 0.309. The van der Waals surface area contributed by atoms with E-state index in [4.69, 9.17) is 10.2 Å². The third-order valence-corrected chi connectivity index (χ3v) is 1.84. The molecule has 0 aliphatic rings.